The number of benzene rings is 1. The van der Waals surface area contributed by atoms with E-state index in [0.29, 0.717) is 5.56 Å². The summed E-state index contributed by atoms with van der Waals surface area (Å²) in [5, 5.41) is 0. The van der Waals surface area contributed by atoms with Crippen LogP contribution in [-0.2, 0) is 4.79 Å². The molecule has 0 atom stereocenters. The summed E-state index contributed by atoms with van der Waals surface area (Å²) >= 11 is 0. The van der Waals surface area contributed by atoms with E-state index in [2.05, 4.69) is 0 Å². The van der Waals surface area contributed by atoms with Gasteiger partial charge >= 0.3 is 0 Å². The summed E-state index contributed by atoms with van der Waals surface area (Å²) in [4.78, 5) is 18.4. The van der Waals surface area contributed by atoms with Gasteiger partial charge in [-0.05, 0) is 12.1 Å². The molecule has 1 rings (SSSR count). The fourth-order valence-electron chi connectivity index (χ4n) is 0.602. The van der Waals surface area contributed by atoms with Crippen LogP contribution in [0.3, 0.4) is 0 Å². The number of carbonyl (C=O) groups is 2. The highest BCUT2D eigenvalue weighted by atomic mass is 16.1. The van der Waals surface area contributed by atoms with Crippen molar-refractivity contribution in [2.24, 2.45) is 5.73 Å². The van der Waals surface area contributed by atoms with E-state index in [1.54, 1.807) is 24.3 Å². The number of rotatable bonds is 1. The average Bonchev–Trinajstić information content (AvgIpc) is 2.10. The lowest BCUT2D eigenvalue weighted by Gasteiger charge is -1.89. The van der Waals surface area contributed by atoms with Crippen molar-refractivity contribution in [3.8, 4) is 0 Å². The first kappa shape index (κ1) is 9.36. The van der Waals surface area contributed by atoms with E-state index < -0.39 is 0 Å². The monoisotopic (exact) mass is 151 g/mol. The minimum absolute atomic E-state index is 0.379. The quantitative estimate of drug-likeness (QED) is 0.638. The molecule has 0 spiro atoms. The van der Waals surface area contributed by atoms with Crippen molar-refractivity contribution in [2.75, 3.05) is 0 Å². The molecular formula is C8H9NO2. The molecule has 0 fully saturated rings. The SMILES string of the molecule is C=O.NC(=O)c1ccccc1. The lowest BCUT2D eigenvalue weighted by molar-refractivity contribution is -0.0979. The van der Waals surface area contributed by atoms with Crippen LogP contribution in [0.15, 0.2) is 30.3 Å². The third-order valence-corrected chi connectivity index (χ3v) is 1.06. The van der Waals surface area contributed by atoms with E-state index in [1.165, 1.54) is 0 Å². The fourth-order valence-corrected chi connectivity index (χ4v) is 0.602. The van der Waals surface area contributed by atoms with Crippen LogP contribution in [0, 0.1) is 0 Å². The molecule has 0 aromatic heterocycles. The van der Waals surface area contributed by atoms with Gasteiger partial charge in [0.25, 0.3) is 0 Å². The summed E-state index contributed by atoms with van der Waals surface area (Å²) < 4.78 is 0. The van der Waals surface area contributed by atoms with Crippen LogP contribution in [-0.4, -0.2) is 12.7 Å². The third kappa shape index (κ3) is 3.15. The van der Waals surface area contributed by atoms with E-state index in [4.69, 9.17) is 10.5 Å². The summed E-state index contributed by atoms with van der Waals surface area (Å²) in [6.07, 6.45) is 0. The van der Waals surface area contributed by atoms with Crippen molar-refractivity contribution in [1.29, 1.82) is 0 Å². The predicted octanol–water partition coefficient (Wildman–Crippen LogP) is 0.601. The van der Waals surface area contributed by atoms with Gasteiger partial charge in [0.15, 0.2) is 0 Å². The number of nitrogens with two attached hydrogens (primary N) is 1. The van der Waals surface area contributed by atoms with Crippen molar-refractivity contribution < 1.29 is 9.59 Å². The van der Waals surface area contributed by atoms with Crippen molar-refractivity contribution in [3.05, 3.63) is 35.9 Å². The molecule has 0 saturated heterocycles. The number of primary amides is 1. The second-order valence-electron chi connectivity index (χ2n) is 1.73. The van der Waals surface area contributed by atoms with Crippen molar-refractivity contribution in [3.63, 3.8) is 0 Å². The number of hydrogen-bond donors (Lipinski definition) is 1. The topological polar surface area (TPSA) is 60.2 Å². The van der Waals surface area contributed by atoms with Crippen LogP contribution < -0.4 is 5.73 Å². The first-order valence-corrected chi connectivity index (χ1v) is 2.94. The van der Waals surface area contributed by atoms with Gasteiger partial charge in [0.05, 0.1) is 0 Å². The Bertz CT molecular complexity index is 221. The maximum absolute atomic E-state index is 10.4. The second-order valence-corrected chi connectivity index (χ2v) is 1.73. The van der Waals surface area contributed by atoms with Gasteiger partial charge in [0, 0.05) is 5.56 Å². The molecule has 0 unspecified atom stereocenters. The summed E-state index contributed by atoms with van der Waals surface area (Å²) in [6.45, 7) is 2.00. The number of carbonyl (C=O) groups excluding carboxylic acids is 2. The van der Waals surface area contributed by atoms with Gasteiger partial charge in [0.2, 0.25) is 5.91 Å². The molecule has 0 radical (unpaired) electrons. The van der Waals surface area contributed by atoms with E-state index in [1.807, 2.05) is 12.9 Å². The first-order valence-electron chi connectivity index (χ1n) is 2.94. The molecule has 3 heteroatoms. The standard InChI is InChI=1S/C7H7NO.CH2O/c8-7(9)6-4-2-1-3-5-6;1-2/h1-5H,(H2,8,9);1H2. The van der Waals surface area contributed by atoms with Gasteiger partial charge in [-0.25, -0.2) is 0 Å². The molecule has 0 heterocycles. The summed E-state index contributed by atoms with van der Waals surface area (Å²) in [5.41, 5.74) is 5.53. The normalized spacial score (nSPS) is 7.64. The van der Waals surface area contributed by atoms with Crippen LogP contribution in [0.2, 0.25) is 0 Å². The van der Waals surface area contributed by atoms with Crippen molar-refractivity contribution in [2.45, 2.75) is 0 Å². The zero-order valence-corrected chi connectivity index (χ0v) is 5.99. The van der Waals surface area contributed by atoms with Gasteiger partial charge in [-0.1, -0.05) is 18.2 Å². The summed E-state index contributed by atoms with van der Waals surface area (Å²) in [6, 6.07) is 8.76. The van der Waals surface area contributed by atoms with Gasteiger partial charge in [-0.3, -0.25) is 4.79 Å². The average molecular weight is 151 g/mol. The minimum Gasteiger partial charge on any atom is -0.366 e. The van der Waals surface area contributed by atoms with Crippen LogP contribution in [0.4, 0.5) is 0 Å². The molecule has 3 nitrogen and oxygen atoms in total. The lowest BCUT2D eigenvalue weighted by Crippen LogP contribution is -2.09. The highest BCUT2D eigenvalue weighted by Gasteiger charge is 1.93. The Morgan fingerprint density at radius 3 is 1.91 bits per heavy atom. The maximum atomic E-state index is 10.4. The predicted molar refractivity (Wildman–Crippen MR) is 42.1 cm³/mol. The molecule has 0 bridgehead atoms. The molecule has 0 aliphatic rings. The molecule has 0 aliphatic carbocycles. The molecule has 1 aromatic rings. The molecule has 11 heavy (non-hydrogen) atoms. The smallest absolute Gasteiger partial charge is 0.248 e. The van der Waals surface area contributed by atoms with Crippen molar-refractivity contribution >= 4 is 12.7 Å². The van der Waals surface area contributed by atoms with E-state index >= 15 is 0 Å². The Hall–Kier alpha value is -1.64. The highest BCUT2D eigenvalue weighted by Crippen LogP contribution is 1.94. The molecular weight excluding hydrogens is 142 g/mol. The Labute approximate surface area is 64.8 Å². The molecule has 1 amide bonds. The zero-order chi connectivity index (χ0) is 8.69. The molecule has 0 saturated carbocycles. The van der Waals surface area contributed by atoms with E-state index in [9.17, 15) is 4.79 Å². The molecule has 1 aromatic carbocycles. The number of hydrogen-bond acceptors (Lipinski definition) is 2. The van der Waals surface area contributed by atoms with Crippen LogP contribution in [0.25, 0.3) is 0 Å². The fraction of sp³-hybridized carbons (Fsp3) is 0. The summed E-state index contributed by atoms with van der Waals surface area (Å²) in [7, 11) is 0. The largest absolute Gasteiger partial charge is 0.366 e. The minimum atomic E-state index is -0.379. The van der Waals surface area contributed by atoms with Crippen molar-refractivity contribution in [1.82, 2.24) is 0 Å². The first-order chi connectivity index (χ1) is 5.30. The van der Waals surface area contributed by atoms with Gasteiger partial charge in [0.1, 0.15) is 6.79 Å². The van der Waals surface area contributed by atoms with Crippen LogP contribution in [0.1, 0.15) is 10.4 Å². The second kappa shape index (κ2) is 5.17. The lowest BCUT2D eigenvalue weighted by atomic mass is 10.2. The van der Waals surface area contributed by atoms with Gasteiger partial charge < -0.3 is 10.5 Å². The third-order valence-electron chi connectivity index (χ3n) is 1.06. The van der Waals surface area contributed by atoms with Crippen LogP contribution >= 0.6 is 0 Å². The Morgan fingerprint density at radius 1 is 1.18 bits per heavy atom. The Balaban J connectivity index is 0.000000461. The van der Waals surface area contributed by atoms with Crippen LogP contribution in [0.5, 0.6) is 0 Å². The van der Waals surface area contributed by atoms with E-state index in [-0.39, 0.29) is 5.91 Å². The maximum Gasteiger partial charge on any atom is 0.248 e. The molecule has 2 N–H and O–H groups in total. The van der Waals surface area contributed by atoms with Gasteiger partial charge in [-0.2, -0.15) is 0 Å². The highest BCUT2D eigenvalue weighted by molar-refractivity contribution is 5.92. The zero-order valence-electron chi connectivity index (χ0n) is 5.99. The van der Waals surface area contributed by atoms with E-state index in [0.717, 1.165) is 0 Å². The Kier molecular flexibility index (Phi) is 4.40. The Morgan fingerprint density at radius 2 is 1.64 bits per heavy atom. The molecule has 0 aliphatic heterocycles. The molecule has 58 valence electrons. The summed E-state index contributed by atoms with van der Waals surface area (Å²) in [5.74, 6) is -0.379. The number of amides is 1. The van der Waals surface area contributed by atoms with Gasteiger partial charge in [-0.15, -0.1) is 0 Å².